The lowest BCUT2D eigenvalue weighted by atomic mass is 10.3. The van der Waals surface area contributed by atoms with E-state index in [1.165, 1.54) is 0 Å². The Morgan fingerprint density at radius 1 is 1.53 bits per heavy atom. The summed E-state index contributed by atoms with van der Waals surface area (Å²) in [5.74, 6) is 0.786. The van der Waals surface area contributed by atoms with Crippen LogP contribution in [0.15, 0.2) is 12.4 Å². The third-order valence-corrected chi connectivity index (χ3v) is 2.54. The summed E-state index contributed by atoms with van der Waals surface area (Å²) in [6, 6.07) is 1.89. The van der Waals surface area contributed by atoms with Crippen molar-refractivity contribution in [2.24, 2.45) is 7.05 Å². The van der Waals surface area contributed by atoms with Crippen molar-refractivity contribution < 1.29 is 0 Å². The van der Waals surface area contributed by atoms with Gasteiger partial charge in [0, 0.05) is 19.5 Å². The number of imidazole rings is 1. The van der Waals surface area contributed by atoms with Crippen LogP contribution >= 0.6 is 0 Å². The Bertz CT molecular complexity index is 634. The predicted octanol–water partition coefficient (Wildman–Crippen LogP) is 1.29. The fourth-order valence-corrected chi connectivity index (χ4v) is 1.84. The Balaban J connectivity index is 2.61. The average molecular weight is 200 g/mol. The Labute approximate surface area is 86.1 Å². The topological polar surface area (TPSA) is 58.5 Å². The van der Waals surface area contributed by atoms with Gasteiger partial charge in [0.25, 0.3) is 0 Å². The Morgan fingerprint density at radius 3 is 3.20 bits per heavy atom. The van der Waals surface area contributed by atoms with Crippen molar-refractivity contribution in [3.63, 3.8) is 0 Å². The first kappa shape index (κ1) is 8.28. The number of aromatic amines is 1. The molecule has 0 spiro atoms. The van der Waals surface area contributed by atoms with Gasteiger partial charge in [0.2, 0.25) is 0 Å². The fraction of sp³-hybridized carbons (Fsp3) is 0.200. The van der Waals surface area contributed by atoms with Gasteiger partial charge in [0.1, 0.15) is 11.2 Å². The molecule has 0 aliphatic carbocycles. The van der Waals surface area contributed by atoms with Gasteiger partial charge in [-0.3, -0.25) is 0 Å². The zero-order valence-corrected chi connectivity index (χ0v) is 8.50. The molecule has 0 saturated heterocycles. The highest BCUT2D eigenvalue weighted by molar-refractivity contribution is 6.05. The first-order valence-corrected chi connectivity index (χ1v) is 4.69. The van der Waals surface area contributed by atoms with E-state index in [4.69, 9.17) is 0 Å². The van der Waals surface area contributed by atoms with Crippen LogP contribution in [0.2, 0.25) is 0 Å². The zero-order chi connectivity index (χ0) is 10.4. The van der Waals surface area contributed by atoms with E-state index >= 15 is 0 Å². The third-order valence-electron chi connectivity index (χ3n) is 2.54. The SMILES string of the molecule is CNc1nc2[nH][c]cc2c2c1ncn2C. The van der Waals surface area contributed by atoms with Gasteiger partial charge in [-0.1, -0.05) is 0 Å². The number of rotatable bonds is 1. The van der Waals surface area contributed by atoms with Crippen LogP contribution in [0.25, 0.3) is 22.1 Å². The summed E-state index contributed by atoms with van der Waals surface area (Å²) in [5.41, 5.74) is 2.79. The highest BCUT2D eigenvalue weighted by Crippen LogP contribution is 2.26. The number of nitrogens with one attached hydrogen (secondary N) is 2. The summed E-state index contributed by atoms with van der Waals surface area (Å²) in [5, 5.41) is 4.09. The second kappa shape index (κ2) is 2.73. The number of anilines is 1. The summed E-state index contributed by atoms with van der Waals surface area (Å²) < 4.78 is 1.99. The fourth-order valence-electron chi connectivity index (χ4n) is 1.84. The molecule has 1 radical (unpaired) electrons. The first-order valence-electron chi connectivity index (χ1n) is 4.69. The summed E-state index contributed by atoms with van der Waals surface area (Å²) in [6.07, 6.45) is 4.73. The summed E-state index contributed by atoms with van der Waals surface area (Å²) >= 11 is 0. The Morgan fingerprint density at radius 2 is 2.40 bits per heavy atom. The molecule has 0 saturated carbocycles. The van der Waals surface area contributed by atoms with E-state index in [2.05, 4.69) is 26.5 Å². The van der Waals surface area contributed by atoms with Crippen LogP contribution < -0.4 is 5.32 Å². The van der Waals surface area contributed by atoms with Crippen LogP contribution in [0.4, 0.5) is 5.82 Å². The van der Waals surface area contributed by atoms with Crippen molar-refractivity contribution in [1.29, 1.82) is 0 Å². The molecule has 3 aromatic rings. The number of hydrogen-bond acceptors (Lipinski definition) is 3. The Hall–Kier alpha value is -2.04. The average Bonchev–Trinajstić information content (AvgIpc) is 2.83. The minimum absolute atomic E-state index is 0.786. The van der Waals surface area contributed by atoms with E-state index in [1.54, 1.807) is 6.33 Å². The molecular formula is C10H10N5. The van der Waals surface area contributed by atoms with E-state index in [9.17, 15) is 0 Å². The molecule has 5 heteroatoms. The molecule has 3 aromatic heterocycles. The molecule has 75 valence electrons. The van der Waals surface area contributed by atoms with Gasteiger partial charge >= 0.3 is 0 Å². The molecule has 3 heterocycles. The number of pyridine rings is 1. The molecule has 0 aliphatic heterocycles. The molecule has 0 fully saturated rings. The van der Waals surface area contributed by atoms with Crippen molar-refractivity contribution in [2.45, 2.75) is 0 Å². The van der Waals surface area contributed by atoms with Gasteiger partial charge in [0.15, 0.2) is 5.82 Å². The monoisotopic (exact) mass is 200 g/mol. The maximum absolute atomic E-state index is 4.42. The van der Waals surface area contributed by atoms with Gasteiger partial charge in [-0.25, -0.2) is 9.97 Å². The van der Waals surface area contributed by atoms with E-state index in [0.29, 0.717) is 0 Å². The lowest BCUT2D eigenvalue weighted by molar-refractivity contribution is 0.951. The molecule has 0 atom stereocenters. The predicted molar refractivity (Wildman–Crippen MR) is 58.7 cm³/mol. The molecule has 0 amide bonds. The van der Waals surface area contributed by atoms with Gasteiger partial charge in [-0.15, -0.1) is 0 Å². The van der Waals surface area contributed by atoms with Crippen LogP contribution in [0.1, 0.15) is 0 Å². The minimum Gasteiger partial charge on any atom is -0.371 e. The van der Waals surface area contributed by atoms with Crippen LogP contribution in [0.3, 0.4) is 0 Å². The van der Waals surface area contributed by atoms with Crippen molar-refractivity contribution in [3.8, 4) is 0 Å². The van der Waals surface area contributed by atoms with Crippen molar-refractivity contribution in [1.82, 2.24) is 19.5 Å². The normalized spacial score (nSPS) is 11.3. The maximum Gasteiger partial charge on any atom is 0.156 e. The zero-order valence-electron chi connectivity index (χ0n) is 8.50. The number of aryl methyl sites for hydroxylation is 1. The van der Waals surface area contributed by atoms with Gasteiger partial charge in [-0.05, 0) is 6.07 Å². The van der Waals surface area contributed by atoms with Crippen molar-refractivity contribution >= 4 is 27.9 Å². The largest absolute Gasteiger partial charge is 0.371 e. The van der Waals surface area contributed by atoms with Crippen LogP contribution in [0.5, 0.6) is 0 Å². The van der Waals surface area contributed by atoms with E-state index in [0.717, 1.165) is 27.9 Å². The molecule has 0 aliphatic rings. The third kappa shape index (κ3) is 0.971. The van der Waals surface area contributed by atoms with Crippen LogP contribution in [-0.4, -0.2) is 26.6 Å². The number of nitrogens with zero attached hydrogens (tertiary/aromatic N) is 3. The molecular weight excluding hydrogens is 190 g/mol. The van der Waals surface area contributed by atoms with E-state index < -0.39 is 0 Å². The second-order valence-corrected chi connectivity index (χ2v) is 3.44. The number of hydrogen-bond donors (Lipinski definition) is 2. The minimum atomic E-state index is 0.786. The number of H-pyrrole nitrogens is 1. The molecule has 0 aromatic carbocycles. The molecule has 3 rings (SSSR count). The number of fused-ring (bicyclic) bond motifs is 3. The van der Waals surface area contributed by atoms with Crippen molar-refractivity contribution in [2.75, 3.05) is 12.4 Å². The molecule has 0 bridgehead atoms. The lowest BCUT2D eigenvalue weighted by Gasteiger charge is -2.02. The highest BCUT2D eigenvalue weighted by atomic mass is 15.1. The standard InChI is InChI=1S/C10H10N5/c1-11-10-7-8(15(2)5-13-7)6-3-4-12-9(6)14-10/h3,5H,1-2H3,(H2,11,12,14). The quantitative estimate of drug-likeness (QED) is 0.622. The van der Waals surface area contributed by atoms with Gasteiger partial charge in [-0.2, -0.15) is 0 Å². The lowest BCUT2D eigenvalue weighted by Crippen LogP contribution is -1.95. The van der Waals surface area contributed by atoms with Crippen LogP contribution in [-0.2, 0) is 7.05 Å². The maximum atomic E-state index is 4.42. The van der Waals surface area contributed by atoms with Crippen LogP contribution in [0, 0.1) is 6.20 Å². The molecule has 5 nitrogen and oxygen atoms in total. The first-order chi connectivity index (χ1) is 7.31. The summed E-state index contributed by atoms with van der Waals surface area (Å²) in [7, 11) is 3.82. The van der Waals surface area contributed by atoms with Gasteiger partial charge < -0.3 is 14.9 Å². The smallest absolute Gasteiger partial charge is 0.156 e. The molecule has 15 heavy (non-hydrogen) atoms. The second-order valence-electron chi connectivity index (χ2n) is 3.44. The van der Waals surface area contributed by atoms with Crippen molar-refractivity contribution in [3.05, 3.63) is 18.6 Å². The highest BCUT2D eigenvalue weighted by Gasteiger charge is 2.11. The molecule has 0 unspecified atom stereocenters. The summed E-state index contributed by atoms with van der Waals surface area (Å²) in [6.45, 7) is 0. The van der Waals surface area contributed by atoms with E-state index in [-0.39, 0.29) is 0 Å². The van der Waals surface area contributed by atoms with Gasteiger partial charge in [0.05, 0.1) is 18.0 Å². The summed E-state index contributed by atoms with van der Waals surface area (Å²) in [4.78, 5) is 11.7. The molecule has 2 N–H and O–H groups in total. The number of aromatic nitrogens is 4. The van der Waals surface area contributed by atoms with E-state index in [1.807, 2.05) is 24.7 Å². The Kier molecular flexibility index (Phi) is 1.50.